The summed E-state index contributed by atoms with van der Waals surface area (Å²) in [5.41, 5.74) is 1.47. The lowest BCUT2D eigenvalue weighted by molar-refractivity contribution is -0.137. The number of nitrogens with zero attached hydrogens (tertiary/aromatic N) is 2. The van der Waals surface area contributed by atoms with Crippen LogP contribution >= 0.6 is 22.9 Å². The number of carboxylic acid groups (broad SMARTS) is 1. The number of amides is 1. The van der Waals surface area contributed by atoms with Gasteiger partial charge < -0.3 is 15.2 Å². The van der Waals surface area contributed by atoms with Crippen LogP contribution in [-0.4, -0.2) is 33.8 Å². The number of carbonyl (C=O) groups excluding carboxylic acids is 1. The van der Waals surface area contributed by atoms with Crippen molar-refractivity contribution in [1.82, 2.24) is 10.2 Å². The number of aromatic nitrogens is 2. The van der Waals surface area contributed by atoms with Crippen molar-refractivity contribution in [3.63, 3.8) is 0 Å². The molecule has 2 N–H and O–H groups in total. The van der Waals surface area contributed by atoms with Crippen molar-refractivity contribution in [3.8, 4) is 5.75 Å². The number of anilines is 1. The summed E-state index contributed by atoms with van der Waals surface area (Å²) in [7, 11) is 0. The van der Waals surface area contributed by atoms with E-state index < -0.39 is 5.97 Å². The average Bonchev–Trinajstić information content (AvgIpc) is 3.20. The van der Waals surface area contributed by atoms with Crippen LogP contribution in [0, 0.1) is 0 Å². The normalized spacial score (nSPS) is 11.1. The molecule has 0 unspecified atom stereocenters. The topological polar surface area (TPSA) is 101 Å². The number of ether oxygens (including phenoxy) is 1. The molecule has 0 spiro atoms. The third-order valence-corrected chi connectivity index (χ3v) is 4.97. The van der Waals surface area contributed by atoms with Crippen LogP contribution in [0.1, 0.15) is 26.8 Å². The maximum Gasteiger partial charge on any atom is 0.306 e. The second kappa shape index (κ2) is 9.81. The second-order valence-corrected chi connectivity index (χ2v) is 7.17. The maximum atomic E-state index is 12.3. The first-order valence-electron chi connectivity index (χ1n) is 8.53. The van der Waals surface area contributed by atoms with Crippen molar-refractivity contribution < 1.29 is 19.4 Å². The minimum atomic E-state index is -0.912. The van der Waals surface area contributed by atoms with E-state index in [0.717, 1.165) is 16.9 Å². The van der Waals surface area contributed by atoms with Gasteiger partial charge in [-0.25, -0.2) is 0 Å². The van der Waals surface area contributed by atoms with Gasteiger partial charge in [0.05, 0.1) is 18.1 Å². The Bertz CT molecular complexity index is 1020. The Morgan fingerprint density at radius 2 is 1.76 bits per heavy atom. The Balaban J connectivity index is 1.63. The summed E-state index contributed by atoms with van der Waals surface area (Å²) < 4.78 is 5.34. The molecule has 1 heterocycles. The molecule has 9 heteroatoms. The minimum Gasteiger partial charge on any atom is -0.493 e. The summed E-state index contributed by atoms with van der Waals surface area (Å²) in [6, 6.07) is 16.1. The molecule has 0 atom stereocenters. The molecule has 0 aliphatic rings. The fraction of sp³-hybridized carbons (Fsp3) is 0.100. The first-order valence-corrected chi connectivity index (χ1v) is 9.73. The number of benzene rings is 2. The molecule has 0 saturated carbocycles. The van der Waals surface area contributed by atoms with E-state index in [-0.39, 0.29) is 23.9 Å². The predicted molar refractivity (Wildman–Crippen MR) is 112 cm³/mol. The first kappa shape index (κ1) is 20.5. The van der Waals surface area contributed by atoms with Gasteiger partial charge in [0, 0.05) is 5.69 Å². The highest BCUT2D eigenvalue weighted by molar-refractivity contribution is 7.15. The molecule has 0 aliphatic heterocycles. The quantitative estimate of drug-likeness (QED) is 0.551. The van der Waals surface area contributed by atoms with E-state index in [0.29, 0.717) is 21.5 Å². The molecule has 0 saturated heterocycles. The average molecular weight is 430 g/mol. The van der Waals surface area contributed by atoms with Crippen LogP contribution in [0.25, 0.3) is 11.1 Å². The highest BCUT2D eigenvalue weighted by atomic mass is 35.5. The molecule has 0 bridgehead atoms. The standard InChI is InChI=1S/C20H16ClN3O4S/c21-16(12-13-6-8-15(9-7-13)28-11-10-17(25)26)19-23-24-20(29-19)18(27)22-14-4-2-1-3-5-14/h1-9,12H,10-11H2,(H,22,27)(H,25,26). The van der Waals surface area contributed by atoms with Crippen molar-refractivity contribution in [3.05, 3.63) is 70.2 Å². The van der Waals surface area contributed by atoms with Gasteiger partial charge in [-0.15, -0.1) is 10.2 Å². The van der Waals surface area contributed by atoms with E-state index in [4.69, 9.17) is 21.4 Å². The van der Waals surface area contributed by atoms with E-state index in [1.165, 1.54) is 0 Å². The number of halogens is 1. The number of para-hydroxylation sites is 1. The zero-order valence-corrected chi connectivity index (χ0v) is 16.6. The van der Waals surface area contributed by atoms with Crippen LogP contribution in [0.15, 0.2) is 54.6 Å². The van der Waals surface area contributed by atoms with Gasteiger partial charge in [0.25, 0.3) is 5.91 Å². The molecule has 148 valence electrons. The van der Waals surface area contributed by atoms with Crippen molar-refractivity contribution >= 4 is 51.6 Å². The van der Waals surface area contributed by atoms with E-state index in [1.807, 2.05) is 18.2 Å². The van der Waals surface area contributed by atoms with Gasteiger partial charge in [0.1, 0.15) is 5.75 Å². The largest absolute Gasteiger partial charge is 0.493 e. The Kier molecular flexibility index (Phi) is 6.94. The summed E-state index contributed by atoms with van der Waals surface area (Å²) in [6.07, 6.45) is 1.63. The fourth-order valence-electron chi connectivity index (χ4n) is 2.24. The van der Waals surface area contributed by atoms with Gasteiger partial charge >= 0.3 is 5.97 Å². The van der Waals surface area contributed by atoms with Gasteiger partial charge in [-0.2, -0.15) is 0 Å². The molecule has 1 amide bonds. The van der Waals surface area contributed by atoms with Gasteiger partial charge in [-0.3, -0.25) is 9.59 Å². The Labute approximate surface area is 175 Å². The lowest BCUT2D eigenvalue weighted by Crippen LogP contribution is -2.11. The molecular formula is C20H16ClN3O4S. The predicted octanol–water partition coefficient (Wildman–Crippen LogP) is 4.38. The molecule has 2 aromatic carbocycles. The third kappa shape index (κ3) is 6.13. The van der Waals surface area contributed by atoms with Crippen molar-refractivity contribution in [2.75, 3.05) is 11.9 Å². The van der Waals surface area contributed by atoms with Crippen LogP contribution in [0.3, 0.4) is 0 Å². The summed E-state index contributed by atoms with van der Waals surface area (Å²) in [5.74, 6) is -0.701. The van der Waals surface area contributed by atoms with Crippen LogP contribution in [-0.2, 0) is 4.79 Å². The zero-order valence-electron chi connectivity index (χ0n) is 15.0. The second-order valence-electron chi connectivity index (χ2n) is 5.79. The van der Waals surface area contributed by atoms with Gasteiger partial charge in [-0.1, -0.05) is 53.3 Å². The highest BCUT2D eigenvalue weighted by Crippen LogP contribution is 2.26. The van der Waals surface area contributed by atoms with Gasteiger partial charge in [0.2, 0.25) is 5.01 Å². The first-order chi connectivity index (χ1) is 14.0. The zero-order chi connectivity index (χ0) is 20.6. The van der Waals surface area contributed by atoms with Crippen molar-refractivity contribution in [2.45, 2.75) is 6.42 Å². The van der Waals surface area contributed by atoms with Crippen molar-refractivity contribution in [2.24, 2.45) is 0 Å². The maximum absolute atomic E-state index is 12.3. The van der Waals surface area contributed by atoms with E-state index in [1.54, 1.807) is 42.5 Å². The molecule has 0 aliphatic carbocycles. The Morgan fingerprint density at radius 1 is 1.07 bits per heavy atom. The van der Waals surface area contributed by atoms with E-state index in [2.05, 4.69) is 15.5 Å². The van der Waals surface area contributed by atoms with Crippen LogP contribution in [0.4, 0.5) is 5.69 Å². The third-order valence-electron chi connectivity index (χ3n) is 3.61. The molecule has 3 aromatic rings. The highest BCUT2D eigenvalue weighted by Gasteiger charge is 2.14. The Morgan fingerprint density at radius 3 is 2.45 bits per heavy atom. The number of hydrogen-bond donors (Lipinski definition) is 2. The molecule has 29 heavy (non-hydrogen) atoms. The number of aliphatic carboxylic acids is 1. The van der Waals surface area contributed by atoms with Crippen LogP contribution in [0.5, 0.6) is 5.75 Å². The smallest absolute Gasteiger partial charge is 0.306 e. The summed E-state index contributed by atoms with van der Waals surface area (Å²) in [6.45, 7) is 0.101. The van der Waals surface area contributed by atoms with Gasteiger partial charge in [0.15, 0.2) is 5.01 Å². The van der Waals surface area contributed by atoms with E-state index >= 15 is 0 Å². The summed E-state index contributed by atoms with van der Waals surface area (Å²) >= 11 is 7.41. The van der Waals surface area contributed by atoms with Crippen molar-refractivity contribution in [1.29, 1.82) is 0 Å². The monoisotopic (exact) mass is 429 g/mol. The fourth-order valence-corrected chi connectivity index (χ4v) is 3.17. The SMILES string of the molecule is O=C(O)CCOc1ccc(C=C(Cl)c2nnc(C(=O)Nc3ccccc3)s2)cc1. The molecule has 7 nitrogen and oxygen atoms in total. The minimum absolute atomic E-state index is 0.0648. The van der Waals surface area contributed by atoms with Crippen LogP contribution < -0.4 is 10.1 Å². The summed E-state index contributed by atoms with van der Waals surface area (Å²) in [5, 5.41) is 20.2. The number of carbonyl (C=O) groups is 2. The molecule has 0 radical (unpaired) electrons. The number of rotatable bonds is 8. The molecule has 1 aromatic heterocycles. The lowest BCUT2D eigenvalue weighted by Gasteiger charge is -2.04. The molecule has 3 rings (SSSR count). The lowest BCUT2D eigenvalue weighted by atomic mass is 10.2. The number of carboxylic acids is 1. The number of hydrogen-bond acceptors (Lipinski definition) is 6. The van der Waals surface area contributed by atoms with E-state index in [9.17, 15) is 9.59 Å². The number of nitrogens with one attached hydrogen (secondary N) is 1. The molecule has 0 fully saturated rings. The molecular weight excluding hydrogens is 414 g/mol. The van der Waals surface area contributed by atoms with Crippen LogP contribution in [0.2, 0.25) is 0 Å². The van der Waals surface area contributed by atoms with Gasteiger partial charge in [-0.05, 0) is 35.9 Å². The Hall–Kier alpha value is -3.23. The summed E-state index contributed by atoms with van der Waals surface area (Å²) in [4.78, 5) is 22.8.